The Morgan fingerprint density at radius 3 is 1.08 bits per heavy atom. The quantitative estimate of drug-likeness (QED) is 0.0321. The number of aliphatic hydroxyl groups is 2. The van der Waals surface area contributed by atoms with Gasteiger partial charge in [0.25, 0.3) is 0 Å². The Hall–Kier alpha value is -1.66. The number of carbonyl (C=O) groups is 2. The van der Waals surface area contributed by atoms with Crippen LogP contribution < -0.4 is 5.32 Å². The molecule has 0 rings (SSSR count). The topological polar surface area (TPSA) is 95.9 Å². The van der Waals surface area contributed by atoms with Crippen LogP contribution in [0.25, 0.3) is 0 Å². The highest BCUT2D eigenvalue weighted by atomic mass is 16.5. The number of carbonyl (C=O) groups excluding carboxylic acids is 2. The first-order chi connectivity index (χ1) is 32.5. The zero-order chi connectivity index (χ0) is 47.9. The molecule has 1 amide bonds. The third kappa shape index (κ3) is 51.7. The van der Waals surface area contributed by atoms with Crippen LogP contribution in [0, 0.1) is 0 Å². The van der Waals surface area contributed by atoms with Gasteiger partial charge < -0.3 is 20.3 Å². The molecule has 0 radical (unpaired) electrons. The first kappa shape index (κ1) is 64.3. The average Bonchev–Trinajstić information content (AvgIpc) is 3.32. The second kappa shape index (κ2) is 55.9. The van der Waals surface area contributed by atoms with Crippen molar-refractivity contribution in [1.29, 1.82) is 0 Å². The van der Waals surface area contributed by atoms with Gasteiger partial charge in [-0.25, -0.2) is 0 Å². The van der Waals surface area contributed by atoms with Gasteiger partial charge in [-0.15, -0.1) is 0 Å². The summed E-state index contributed by atoms with van der Waals surface area (Å²) in [5, 5.41) is 23.1. The lowest BCUT2D eigenvalue weighted by atomic mass is 10.0. The SMILES string of the molecule is CCCCCCCCC/C=C\CCCCCCCCCC(=O)OCCCCCCCCCCCCCCCCCCC(=O)NC(CO)C(O)/C=C/CCCCCCCCCCCCCCC. The second-order valence-corrected chi connectivity index (χ2v) is 20.3. The van der Waals surface area contributed by atoms with E-state index in [2.05, 4.69) is 31.3 Å². The molecule has 0 aliphatic heterocycles. The number of hydrogen-bond acceptors (Lipinski definition) is 5. The molecular formula is C60H115NO5. The van der Waals surface area contributed by atoms with E-state index >= 15 is 0 Å². The smallest absolute Gasteiger partial charge is 0.305 e. The predicted molar refractivity (Wildman–Crippen MR) is 287 cm³/mol. The third-order valence-corrected chi connectivity index (χ3v) is 13.7. The summed E-state index contributed by atoms with van der Waals surface area (Å²) in [6, 6.07) is -0.633. The van der Waals surface area contributed by atoms with Gasteiger partial charge in [-0.1, -0.05) is 276 Å². The van der Waals surface area contributed by atoms with E-state index in [-0.39, 0.29) is 18.5 Å². The Bertz CT molecular complexity index is 1030. The summed E-state index contributed by atoms with van der Waals surface area (Å²) < 4.78 is 5.49. The summed E-state index contributed by atoms with van der Waals surface area (Å²) in [6.07, 6.45) is 67.7. The summed E-state index contributed by atoms with van der Waals surface area (Å²) in [6.45, 7) is 4.90. The summed E-state index contributed by atoms with van der Waals surface area (Å²) in [5.74, 6) is -0.0740. The molecule has 2 atom stereocenters. The van der Waals surface area contributed by atoms with E-state index in [1.807, 2.05) is 6.08 Å². The summed E-state index contributed by atoms with van der Waals surface area (Å²) in [5.41, 5.74) is 0. The molecule has 0 saturated carbocycles. The van der Waals surface area contributed by atoms with Gasteiger partial charge in [-0.05, 0) is 57.8 Å². The van der Waals surface area contributed by atoms with Crippen LogP contribution in [0.2, 0.25) is 0 Å². The lowest BCUT2D eigenvalue weighted by Gasteiger charge is -2.20. The maximum atomic E-state index is 12.5. The van der Waals surface area contributed by atoms with Crippen LogP contribution in [0.4, 0.5) is 0 Å². The molecule has 3 N–H and O–H groups in total. The van der Waals surface area contributed by atoms with Crippen molar-refractivity contribution in [2.45, 2.75) is 334 Å². The van der Waals surface area contributed by atoms with Gasteiger partial charge in [-0.3, -0.25) is 9.59 Å². The Kier molecular flexibility index (Phi) is 54.5. The third-order valence-electron chi connectivity index (χ3n) is 13.7. The Morgan fingerprint density at radius 1 is 0.409 bits per heavy atom. The number of amides is 1. The van der Waals surface area contributed by atoms with Gasteiger partial charge in [0.2, 0.25) is 5.91 Å². The average molecular weight is 931 g/mol. The molecule has 6 heteroatoms. The fourth-order valence-electron chi connectivity index (χ4n) is 9.16. The molecule has 66 heavy (non-hydrogen) atoms. The van der Waals surface area contributed by atoms with E-state index in [1.54, 1.807) is 6.08 Å². The van der Waals surface area contributed by atoms with Crippen LogP contribution in [0.5, 0.6) is 0 Å². The van der Waals surface area contributed by atoms with E-state index in [0.717, 1.165) is 44.9 Å². The van der Waals surface area contributed by atoms with Crippen molar-refractivity contribution >= 4 is 11.9 Å². The van der Waals surface area contributed by atoms with Gasteiger partial charge in [0.15, 0.2) is 0 Å². The lowest BCUT2D eigenvalue weighted by Crippen LogP contribution is -2.45. The highest BCUT2D eigenvalue weighted by Gasteiger charge is 2.18. The van der Waals surface area contributed by atoms with E-state index in [4.69, 9.17) is 4.74 Å². The fourth-order valence-corrected chi connectivity index (χ4v) is 9.16. The van der Waals surface area contributed by atoms with Crippen LogP contribution in [0.3, 0.4) is 0 Å². The van der Waals surface area contributed by atoms with Crippen LogP contribution >= 0.6 is 0 Å². The fraction of sp³-hybridized carbons (Fsp3) is 0.900. The van der Waals surface area contributed by atoms with Crippen molar-refractivity contribution in [3.05, 3.63) is 24.3 Å². The van der Waals surface area contributed by atoms with Gasteiger partial charge in [0.05, 0.1) is 25.4 Å². The van der Waals surface area contributed by atoms with Crippen LogP contribution in [-0.2, 0) is 14.3 Å². The predicted octanol–water partition coefficient (Wildman–Crippen LogP) is 18.2. The Labute approximate surface area is 411 Å². The molecule has 0 aromatic carbocycles. The molecule has 0 aromatic rings. The standard InChI is InChI=1S/C60H115NO5/c1-3-5-7-9-11-13-15-17-19-20-21-26-30-34-38-42-46-50-54-60(65)66-55-51-47-43-39-35-31-27-23-22-25-29-33-37-41-45-49-53-59(64)61-57(56-62)58(63)52-48-44-40-36-32-28-24-18-16-14-12-10-8-6-4-2/h19-20,48,52,57-58,62-63H,3-18,21-47,49-51,53-56H2,1-2H3,(H,61,64)/b20-19-,52-48+. The van der Waals surface area contributed by atoms with Crippen LogP contribution in [-0.4, -0.2) is 47.4 Å². The molecule has 0 saturated heterocycles. The summed E-state index contributed by atoms with van der Waals surface area (Å²) >= 11 is 0. The lowest BCUT2D eigenvalue weighted by molar-refractivity contribution is -0.143. The van der Waals surface area contributed by atoms with E-state index < -0.39 is 12.1 Å². The molecule has 2 unspecified atom stereocenters. The Balaban J connectivity index is 3.43. The number of esters is 1. The zero-order valence-electron chi connectivity index (χ0n) is 44.4. The highest BCUT2D eigenvalue weighted by molar-refractivity contribution is 5.76. The van der Waals surface area contributed by atoms with Gasteiger partial charge in [0, 0.05) is 12.8 Å². The van der Waals surface area contributed by atoms with E-state index in [0.29, 0.717) is 19.4 Å². The summed E-state index contributed by atoms with van der Waals surface area (Å²) in [7, 11) is 0. The molecule has 0 aromatic heterocycles. The number of aliphatic hydroxyl groups excluding tert-OH is 2. The number of ether oxygens (including phenoxy) is 1. The van der Waals surface area contributed by atoms with Crippen LogP contribution in [0.1, 0.15) is 322 Å². The first-order valence-corrected chi connectivity index (χ1v) is 29.6. The number of hydrogen-bond donors (Lipinski definition) is 3. The van der Waals surface area contributed by atoms with Gasteiger partial charge in [0.1, 0.15) is 0 Å². The largest absolute Gasteiger partial charge is 0.466 e. The minimum absolute atomic E-state index is 0.000467. The maximum Gasteiger partial charge on any atom is 0.305 e. The normalized spacial score (nSPS) is 12.7. The number of allylic oxidation sites excluding steroid dienone is 3. The maximum absolute atomic E-state index is 12.5. The first-order valence-electron chi connectivity index (χ1n) is 29.6. The molecule has 0 spiro atoms. The number of unbranched alkanes of at least 4 members (excludes halogenated alkanes) is 42. The highest BCUT2D eigenvalue weighted by Crippen LogP contribution is 2.17. The van der Waals surface area contributed by atoms with Crippen molar-refractivity contribution < 1.29 is 24.5 Å². The number of rotatable bonds is 55. The van der Waals surface area contributed by atoms with Crippen LogP contribution in [0.15, 0.2) is 24.3 Å². The molecule has 390 valence electrons. The summed E-state index contributed by atoms with van der Waals surface area (Å²) in [4.78, 5) is 24.5. The molecule has 0 bridgehead atoms. The minimum atomic E-state index is -0.849. The van der Waals surface area contributed by atoms with Crippen molar-refractivity contribution in [3.8, 4) is 0 Å². The minimum Gasteiger partial charge on any atom is -0.466 e. The molecule has 0 heterocycles. The molecule has 6 nitrogen and oxygen atoms in total. The van der Waals surface area contributed by atoms with Crippen molar-refractivity contribution in [2.24, 2.45) is 0 Å². The van der Waals surface area contributed by atoms with Crippen molar-refractivity contribution in [3.63, 3.8) is 0 Å². The van der Waals surface area contributed by atoms with E-state index in [1.165, 1.54) is 250 Å². The number of nitrogens with one attached hydrogen (secondary N) is 1. The Morgan fingerprint density at radius 2 is 0.712 bits per heavy atom. The monoisotopic (exact) mass is 930 g/mol. The van der Waals surface area contributed by atoms with Gasteiger partial charge >= 0.3 is 5.97 Å². The molecule has 0 aliphatic carbocycles. The van der Waals surface area contributed by atoms with Gasteiger partial charge in [-0.2, -0.15) is 0 Å². The van der Waals surface area contributed by atoms with E-state index in [9.17, 15) is 19.8 Å². The molecule has 0 fully saturated rings. The second-order valence-electron chi connectivity index (χ2n) is 20.3. The zero-order valence-corrected chi connectivity index (χ0v) is 44.4. The molecule has 0 aliphatic rings. The van der Waals surface area contributed by atoms with Crippen molar-refractivity contribution in [2.75, 3.05) is 13.2 Å². The molecular weight excluding hydrogens is 815 g/mol. The van der Waals surface area contributed by atoms with Crippen molar-refractivity contribution in [1.82, 2.24) is 5.32 Å².